The quantitative estimate of drug-likeness (QED) is 0.505. The molecular formula is C20H27N3O6. The number of esters is 1. The number of ether oxygens (including phenoxy) is 2. The Bertz CT molecular complexity index is 805. The molecule has 1 aliphatic rings. The Balaban J connectivity index is 2.24. The van der Waals surface area contributed by atoms with Crippen LogP contribution in [0, 0.1) is 0 Å². The smallest absolute Gasteiger partial charge is 0.337 e. The number of carbonyl (C=O) groups excluding carboxylic acids is 3. The lowest BCUT2D eigenvalue weighted by atomic mass is 10.2. The van der Waals surface area contributed by atoms with E-state index in [9.17, 15) is 14.4 Å². The number of methoxy groups -OCH3 is 2. The predicted octanol–water partition coefficient (Wildman–Crippen LogP) is 1.50. The largest absolute Gasteiger partial charge is 0.494 e. The van der Waals surface area contributed by atoms with Crippen LogP contribution in [0.15, 0.2) is 29.5 Å². The Morgan fingerprint density at radius 2 is 2.03 bits per heavy atom. The van der Waals surface area contributed by atoms with Crippen LogP contribution in [0.2, 0.25) is 0 Å². The minimum atomic E-state index is -0.618. The van der Waals surface area contributed by atoms with Crippen LogP contribution in [0.1, 0.15) is 26.2 Å². The summed E-state index contributed by atoms with van der Waals surface area (Å²) in [6, 6.07) is 4.95. The van der Waals surface area contributed by atoms with E-state index in [1.807, 2.05) is 6.92 Å². The van der Waals surface area contributed by atoms with E-state index in [0.717, 1.165) is 12.8 Å². The molecule has 0 saturated carbocycles. The predicted molar refractivity (Wildman–Crippen MR) is 107 cm³/mol. The van der Waals surface area contributed by atoms with Crippen molar-refractivity contribution in [2.45, 2.75) is 26.2 Å². The molecule has 3 N–H and O–H groups in total. The zero-order valence-corrected chi connectivity index (χ0v) is 16.9. The van der Waals surface area contributed by atoms with Crippen LogP contribution in [-0.4, -0.2) is 61.7 Å². The van der Waals surface area contributed by atoms with Gasteiger partial charge in [0.15, 0.2) is 0 Å². The van der Waals surface area contributed by atoms with E-state index in [4.69, 9.17) is 14.6 Å². The van der Waals surface area contributed by atoms with Crippen molar-refractivity contribution in [2.24, 2.45) is 0 Å². The summed E-state index contributed by atoms with van der Waals surface area (Å²) in [6.45, 7) is 1.96. The van der Waals surface area contributed by atoms with Gasteiger partial charge in [-0.1, -0.05) is 13.3 Å². The van der Waals surface area contributed by atoms with Gasteiger partial charge in [0, 0.05) is 24.7 Å². The third-order valence-corrected chi connectivity index (χ3v) is 4.46. The third kappa shape index (κ3) is 5.47. The summed E-state index contributed by atoms with van der Waals surface area (Å²) in [5, 5.41) is 14.9. The van der Waals surface area contributed by atoms with Gasteiger partial charge in [0.05, 0.1) is 38.6 Å². The Morgan fingerprint density at radius 3 is 2.66 bits per heavy atom. The molecule has 0 fully saturated rings. The zero-order chi connectivity index (χ0) is 21.4. The summed E-state index contributed by atoms with van der Waals surface area (Å²) < 4.78 is 10.1. The fourth-order valence-electron chi connectivity index (χ4n) is 2.92. The van der Waals surface area contributed by atoms with Crippen LogP contribution in [0.5, 0.6) is 5.75 Å². The highest BCUT2D eigenvalue weighted by atomic mass is 16.5. The molecule has 9 heteroatoms. The van der Waals surface area contributed by atoms with Gasteiger partial charge in [-0.3, -0.25) is 9.59 Å². The number of aliphatic hydroxyl groups is 1. The molecule has 0 unspecified atom stereocenters. The highest BCUT2D eigenvalue weighted by Gasteiger charge is 2.34. The van der Waals surface area contributed by atoms with Gasteiger partial charge in [0.2, 0.25) is 5.91 Å². The van der Waals surface area contributed by atoms with Crippen molar-refractivity contribution in [3.05, 3.63) is 29.5 Å². The molecule has 0 atom stereocenters. The van der Waals surface area contributed by atoms with Gasteiger partial charge in [-0.2, -0.15) is 0 Å². The highest BCUT2D eigenvalue weighted by molar-refractivity contribution is 6.08. The van der Waals surface area contributed by atoms with Crippen molar-refractivity contribution >= 4 is 29.2 Å². The number of anilines is 2. The molecule has 1 aromatic rings. The lowest BCUT2D eigenvalue weighted by Crippen LogP contribution is -2.31. The molecular weight excluding hydrogens is 378 g/mol. The summed E-state index contributed by atoms with van der Waals surface area (Å²) in [5.74, 6) is -0.715. The number of hydrogen-bond acceptors (Lipinski definition) is 7. The molecule has 29 heavy (non-hydrogen) atoms. The highest BCUT2D eigenvalue weighted by Crippen LogP contribution is 2.30. The second-order valence-electron chi connectivity index (χ2n) is 6.49. The molecule has 158 valence electrons. The number of carbonyl (C=O) groups is 3. The molecule has 1 aliphatic heterocycles. The van der Waals surface area contributed by atoms with Gasteiger partial charge >= 0.3 is 5.97 Å². The standard InChI is InChI=1S/C20H27N3O6/c1-4-5-6-17(25)22-15-8-7-13(11-16(15)28-2)21-18-14(20(27)29-3)12-23(9-10-24)19(18)26/h7-8,11,21,24H,4-6,9-10,12H2,1-3H3,(H,22,25). The summed E-state index contributed by atoms with van der Waals surface area (Å²) in [7, 11) is 2.72. The summed E-state index contributed by atoms with van der Waals surface area (Å²) in [5.41, 5.74) is 1.29. The average Bonchev–Trinajstić information content (AvgIpc) is 3.02. The number of nitrogens with one attached hydrogen (secondary N) is 2. The minimum absolute atomic E-state index is 0.0527. The van der Waals surface area contributed by atoms with Crippen LogP contribution in [-0.2, 0) is 19.1 Å². The van der Waals surface area contributed by atoms with Crippen molar-refractivity contribution < 1.29 is 29.0 Å². The van der Waals surface area contributed by atoms with Gasteiger partial charge in [-0.25, -0.2) is 4.79 Å². The maximum Gasteiger partial charge on any atom is 0.337 e. The lowest BCUT2D eigenvalue weighted by Gasteiger charge is -2.16. The van der Waals surface area contributed by atoms with Crippen LogP contribution in [0.3, 0.4) is 0 Å². The lowest BCUT2D eigenvalue weighted by molar-refractivity contribution is -0.136. The molecule has 1 heterocycles. The number of β-amino-alcohol motifs (C(OH)–C–C–N with tert-alkyl or cyclic N) is 1. The fourth-order valence-corrected chi connectivity index (χ4v) is 2.92. The first-order chi connectivity index (χ1) is 13.9. The molecule has 0 spiro atoms. The SMILES string of the molecule is CCCCC(=O)Nc1ccc(NC2=C(C(=O)OC)CN(CCO)C2=O)cc1OC. The van der Waals surface area contributed by atoms with Crippen LogP contribution in [0.4, 0.5) is 11.4 Å². The normalized spacial score (nSPS) is 13.5. The molecule has 0 aromatic heterocycles. The first-order valence-electron chi connectivity index (χ1n) is 9.41. The average molecular weight is 405 g/mol. The maximum atomic E-state index is 12.6. The molecule has 2 amide bonds. The Labute approximate surface area is 169 Å². The van der Waals surface area contributed by atoms with E-state index in [1.54, 1.807) is 18.2 Å². The third-order valence-electron chi connectivity index (χ3n) is 4.46. The second-order valence-corrected chi connectivity index (χ2v) is 6.49. The second kappa shape index (κ2) is 10.5. The van der Waals surface area contributed by atoms with Gasteiger partial charge < -0.3 is 30.1 Å². The molecule has 0 radical (unpaired) electrons. The Kier molecular flexibility index (Phi) is 8.02. The number of benzene rings is 1. The van der Waals surface area contributed by atoms with Crippen molar-refractivity contribution in [2.75, 3.05) is 44.5 Å². The molecule has 0 saturated heterocycles. The topological polar surface area (TPSA) is 117 Å². The first-order valence-corrected chi connectivity index (χ1v) is 9.41. The fraction of sp³-hybridized carbons (Fsp3) is 0.450. The number of unbranched alkanes of at least 4 members (excludes halogenated alkanes) is 1. The molecule has 0 bridgehead atoms. The Hall–Kier alpha value is -3.07. The molecule has 1 aromatic carbocycles. The van der Waals surface area contributed by atoms with Gasteiger partial charge in [0.1, 0.15) is 11.4 Å². The first kappa shape index (κ1) is 22.2. The van der Waals surface area contributed by atoms with Crippen molar-refractivity contribution in [3.8, 4) is 5.75 Å². The summed E-state index contributed by atoms with van der Waals surface area (Å²) in [4.78, 5) is 38.0. The molecule has 0 aliphatic carbocycles. The molecule has 9 nitrogen and oxygen atoms in total. The van der Waals surface area contributed by atoms with Crippen molar-refractivity contribution in [1.29, 1.82) is 0 Å². The maximum absolute atomic E-state index is 12.6. The van der Waals surface area contributed by atoms with Crippen LogP contribution in [0.25, 0.3) is 0 Å². The van der Waals surface area contributed by atoms with Gasteiger partial charge in [0.25, 0.3) is 5.91 Å². The van der Waals surface area contributed by atoms with E-state index >= 15 is 0 Å². The van der Waals surface area contributed by atoms with Crippen LogP contribution >= 0.6 is 0 Å². The van der Waals surface area contributed by atoms with E-state index in [-0.39, 0.29) is 36.9 Å². The summed E-state index contributed by atoms with van der Waals surface area (Å²) in [6.07, 6.45) is 2.14. The number of nitrogens with zero attached hydrogens (tertiary/aromatic N) is 1. The van der Waals surface area contributed by atoms with Crippen LogP contribution < -0.4 is 15.4 Å². The van der Waals surface area contributed by atoms with Gasteiger partial charge in [-0.15, -0.1) is 0 Å². The van der Waals surface area contributed by atoms with E-state index in [0.29, 0.717) is 23.5 Å². The number of aliphatic hydroxyl groups excluding tert-OH is 1. The number of rotatable bonds is 10. The van der Waals surface area contributed by atoms with E-state index < -0.39 is 11.9 Å². The Morgan fingerprint density at radius 1 is 1.28 bits per heavy atom. The van der Waals surface area contributed by atoms with Crippen molar-refractivity contribution in [1.82, 2.24) is 4.90 Å². The van der Waals surface area contributed by atoms with Gasteiger partial charge in [-0.05, 0) is 18.6 Å². The zero-order valence-electron chi connectivity index (χ0n) is 16.9. The number of amides is 2. The molecule has 2 rings (SSSR count). The van der Waals surface area contributed by atoms with E-state index in [2.05, 4.69) is 10.6 Å². The number of hydrogen-bond donors (Lipinski definition) is 3. The minimum Gasteiger partial charge on any atom is -0.494 e. The van der Waals surface area contributed by atoms with E-state index in [1.165, 1.54) is 19.1 Å². The monoisotopic (exact) mass is 405 g/mol. The summed E-state index contributed by atoms with van der Waals surface area (Å²) >= 11 is 0. The van der Waals surface area contributed by atoms with Crippen molar-refractivity contribution in [3.63, 3.8) is 0 Å².